The van der Waals surface area contributed by atoms with Gasteiger partial charge in [-0.15, -0.1) is 0 Å². The van der Waals surface area contributed by atoms with Crippen molar-refractivity contribution in [3.05, 3.63) is 24.3 Å². The Morgan fingerprint density at radius 2 is 2.04 bits per heavy atom. The van der Waals surface area contributed by atoms with Gasteiger partial charge >= 0.3 is 11.9 Å². The zero-order chi connectivity index (χ0) is 20.5. The second-order valence-corrected chi connectivity index (χ2v) is 7.59. The summed E-state index contributed by atoms with van der Waals surface area (Å²) in [6.45, 7) is 10.3. The average Bonchev–Trinajstić information content (AvgIpc) is 2.82. The molecule has 0 aromatic carbocycles. The molecule has 0 spiro atoms. The number of Topliss-reactive ketones (excluding diaryl/α,β-unsaturated/α-hetero) is 1. The fraction of sp³-hybridized carbons (Fsp3) is 0.600. The van der Waals surface area contributed by atoms with Crippen molar-refractivity contribution >= 4 is 23.5 Å². The molecule has 7 heteroatoms. The molecule has 0 radical (unpaired) electrons. The summed E-state index contributed by atoms with van der Waals surface area (Å²) in [4.78, 5) is 49.7. The summed E-state index contributed by atoms with van der Waals surface area (Å²) >= 11 is 0. The Bertz CT molecular complexity index is 705. The molecule has 1 aliphatic heterocycles. The maximum absolute atomic E-state index is 12.8. The predicted octanol–water partition coefficient (Wildman–Crippen LogP) is 1.53. The molecule has 148 valence electrons. The molecule has 1 aliphatic carbocycles. The maximum atomic E-state index is 12.8. The van der Waals surface area contributed by atoms with Gasteiger partial charge in [-0.2, -0.15) is 0 Å². The number of aliphatic hydroxyl groups is 1. The normalized spacial score (nSPS) is 33.8. The third-order valence-corrected chi connectivity index (χ3v) is 5.19. The molecule has 2 fully saturated rings. The van der Waals surface area contributed by atoms with Crippen LogP contribution in [0, 0.1) is 17.8 Å². The molecule has 0 amide bonds. The zero-order valence-corrected chi connectivity index (χ0v) is 16.1. The minimum atomic E-state index is -2.33. The third kappa shape index (κ3) is 3.74. The average molecular weight is 378 g/mol. The second kappa shape index (κ2) is 7.76. The van der Waals surface area contributed by atoms with Gasteiger partial charge in [-0.05, 0) is 18.9 Å². The van der Waals surface area contributed by atoms with E-state index in [1.165, 1.54) is 13.0 Å². The Morgan fingerprint density at radius 1 is 1.41 bits per heavy atom. The number of carbonyl (C=O) groups is 4. The van der Waals surface area contributed by atoms with Crippen LogP contribution in [0.25, 0.3) is 0 Å². The van der Waals surface area contributed by atoms with E-state index in [0.717, 1.165) is 6.08 Å². The third-order valence-electron chi connectivity index (χ3n) is 5.19. The van der Waals surface area contributed by atoms with Gasteiger partial charge in [0.2, 0.25) is 0 Å². The van der Waals surface area contributed by atoms with Crippen LogP contribution >= 0.6 is 0 Å². The summed E-state index contributed by atoms with van der Waals surface area (Å²) in [5, 5.41) is 11.3. The van der Waals surface area contributed by atoms with Gasteiger partial charge in [0, 0.05) is 24.3 Å². The lowest BCUT2D eigenvalue weighted by molar-refractivity contribution is -0.195. The lowest BCUT2D eigenvalue weighted by Gasteiger charge is -2.38. The summed E-state index contributed by atoms with van der Waals surface area (Å²) in [6, 6.07) is 0. The summed E-state index contributed by atoms with van der Waals surface area (Å²) in [7, 11) is 0. The van der Waals surface area contributed by atoms with Crippen LogP contribution in [0.4, 0.5) is 0 Å². The van der Waals surface area contributed by atoms with Crippen LogP contribution in [0.5, 0.6) is 0 Å². The monoisotopic (exact) mass is 378 g/mol. The lowest BCUT2D eigenvalue weighted by atomic mass is 9.77. The summed E-state index contributed by atoms with van der Waals surface area (Å²) in [6.07, 6.45) is -0.166. The molecule has 1 heterocycles. The minimum Gasteiger partial charge on any atom is -0.455 e. The van der Waals surface area contributed by atoms with Gasteiger partial charge in [-0.25, -0.2) is 4.79 Å². The smallest absolute Gasteiger partial charge is 0.334 e. The Morgan fingerprint density at radius 3 is 2.59 bits per heavy atom. The van der Waals surface area contributed by atoms with Crippen LogP contribution in [0.1, 0.15) is 40.5 Å². The second-order valence-electron chi connectivity index (χ2n) is 7.59. The van der Waals surface area contributed by atoms with E-state index in [1.807, 2.05) is 13.8 Å². The summed E-state index contributed by atoms with van der Waals surface area (Å²) < 4.78 is 10.8. The predicted molar refractivity (Wildman–Crippen MR) is 95.4 cm³/mol. The first kappa shape index (κ1) is 21.0. The largest absolute Gasteiger partial charge is 0.455 e. The SMILES string of the molecule is C=C1C(=O)O[C@@H]2[C@H]1CC(=O)[C@H](C)[C@@](O)(C(=O)/C=C/C)[C@H]2OC(=O)CC(C)C. The number of hydrogen-bond acceptors (Lipinski definition) is 7. The van der Waals surface area contributed by atoms with E-state index < -0.39 is 53.1 Å². The van der Waals surface area contributed by atoms with Crippen LogP contribution in [-0.4, -0.2) is 46.4 Å². The van der Waals surface area contributed by atoms with Gasteiger partial charge in [0.25, 0.3) is 0 Å². The molecule has 1 saturated carbocycles. The fourth-order valence-corrected chi connectivity index (χ4v) is 3.60. The van der Waals surface area contributed by atoms with Crippen LogP contribution in [-0.2, 0) is 28.7 Å². The van der Waals surface area contributed by atoms with Crippen LogP contribution in [0.3, 0.4) is 0 Å². The number of carbonyl (C=O) groups excluding carboxylic acids is 4. The molecule has 0 bridgehead atoms. The zero-order valence-electron chi connectivity index (χ0n) is 16.1. The Labute approximate surface area is 158 Å². The molecule has 7 nitrogen and oxygen atoms in total. The van der Waals surface area contributed by atoms with E-state index in [9.17, 15) is 24.3 Å². The van der Waals surface area contributed by atoms with Gasteiger partial charge in [0.15, 0.2) is 17.5 Å². The van der Waals surface area contributed by atoms with Crippen molar-refractivity contribution < 1.29 is 33.8 Å². The first-order chi connectivity index (χ1) is 12.5. The van der Waals surface area contributed by atoms with Gasteiger partial charge in [0.1, 0.15) is 11.9 Å². The molecule has 0 aromatic rings. The minimum absolute atomic E-state index is 0.0152. The molecule has 27 heavy (non-hydrogen) atoms. The van der Waals surface area contributed by atoms with E-state index in [1.54, 1.807) is 6.92 Å². The van der Waals surface area contributed by atoms with Crippen LogP contribution < -0.4 is 0 Å². The van der Waals surface area contributed by atoms with Crippen molar-refractivity contribution in [2.75, 3.05) is 0 Å². The highest BCUT2D eigenvalue weighted by Crippen LogP contribution is 2.43. The Balaban J connectivity index is 2.56. The molecular formula is C20H26O7. The maximum Gasteiger partial charge on any atom is 0.334 e. The van der Waals surface area contributed by atoms with Gasteiger partial charge in [0.05, 0.1) is 5.92 Å². The molecule has 0 aromatic heterocycles. The number of hydrogen-bond donors (Lipinski definition) is 1. The quantitative estimate of drug-likeness (QED) is 0.571. The topological polar surface area (TPSA) is 107 Å². The number of allylic oxidation sites excluding steroid dienone is 1. The van der Waals surface area contributed by atoms with E-state index in [4.69, 9.17) is 9.47 Å². The first-order valence-electron chi connectivity index (χ1n) is 9.05. The van der Waals surface area contributed by atoms with E-state index in [2.05, 4.69) is 6.58 Å². The molecule has 0 unspecified atom stereocenters. The van der Waals surface area contributed by atoms with Crippen molar-refractivity contribution in [3.63, 3.8) is 0 Å². The molecule has 5 atom stereocenters. The number of ketones is 2. The van der Waals surface area contributed by atoms with Gasteiger partial charge in [-0.3, -0.25) is 14.4 Å². The van der Waals surface area contributed by atoms with Crippen LogP contribution in [0.2, 0.25) is 0 Å². The van der Waals surface area contributed by atoms with E-state index in [-0.39, 0.29) is 24.3 Å². The number of rotatable bonds is 5. The highest BCUT2D eigenvalue weighted by Gasteiger charge is 2.62. The van der Waals surface area contributed by atoms with Crippen molar-refractivity contribution in [1.82, 2.24) is 0 Å². The molecule has 1 N–H and O–H groups in total. The lowest BCUT2D eigenvalue weighted by Crippen LogP contribution is -2.60. The Kier molecular flexibility index (Phi) is 6.04. The van der Waals surface area contributed by atoms with E-state index >= 15 is 0 Å². The standard InChI is InChI=1S/C20H26O7/c1-6-7-15(22)20(25)12(5)14(21)9-13-11(4)19(24)27-17(13)18(20)26-16(23)8-10(2)3/h6-7,10,12-13,17-18,25H,4,8-9H2,1-3,5H3/b7-6+/t12-,13-,17+,18-,20+/m0/s1. The highest BCUT2D eigenvalue weighted by atomic mass is 16.6. The molecular weight excluding hydrogens is 352 g/mol. The fourth-order valence-electron chi connectivity index (χ4n) is 3.60. The number of fused-ring (bicyclic) bond motifs is 1. The molecule has 2 rings (SSSR count). The summed E-state index contributed by atoms with van der Waals surface area (Å²) in [5.41, 5.74) is -2.26. The number of ether oxygens (including phenoxy) is 2. The van der Waals surface area contributed by atoms with Crippen molar-refractivity contribution in [2.45, 2.75) is 58.3 Å². The van der Waals surface area contributed by atoms with E-state index in [0.29, 0.717) is 0 Å². The van der Waals surface area contributed by atoms with Crippen molar-refractivity contribution in [1.29, 1.82) is 0 Å². The Hall–Kier alpha value is -2.28. The van der Waals surface area contributed by atoms with Crippen LogP contribution in [0.15, 0.2) is 24.3 Å². The molecule has 1 saturated heterocycles. The van der Waals surface area contributed by atoms with Crippen molar-refractivity contribution in [2.24, 2.45) is 17.8 Å². The van der Waals surface area contributed by atoms with Gasteiger partial charge in [-0.1, -0.05) is 33.4 Å². The highest BCUT2D eigenvalue weighted by molar-refractivity contribution is 6.03. The summed E-state index contributed by atoms with van der Waals surface area (Å²) in [5.74, 6) is -4.48. The number of esters is 2. The van der Waals surface area contributed by atoms with Gasteiger partial charge < -0.3 is 14.6 Å². The molecule has 2 aliphatic rings. The first-order valence-corrected chi connectivity index (χ1v) is 9.05. The van der Waals surface area contributed by atoms with Crippen molar-refractivity contribution in [3.8, 4) is 0 Å².